The Labute approximate surface area is 257 Å². The Morgan fingerprint density at radius 2 is 1.61 bits per heavy atom. The van der Waals surface area contributed by atoms with Gasteiger partial charge in [0.15, 0.2) is 5.82 Å². The van der Waals surface area contributed by atoms with Gasteiger partial charge in [0, 0.05) is 49.9 Å². The van der Waals surface area contributed by atoms with E-state index in [1.54, 1.807) is 13.8 Å². The molecule has 4 N–H and O–H groups in total. The number of carbonyl (C=O) groups excluding carboxylic acids is 2. The molecule has 10 heteroatoms. The van der Waals surface area contributed by atoms with E-state index in [2.05, 4.69) is 20.8 Å². The average Bonchev–Trinajstić information content (AvgIpc) is 2.97. The lowest BCUT2D eigenvalue weighted by molar-refractivity contribution is -0.132. The molecular formula is C34H41N5O5. The number of aromatic nitrogens is 2. The summed E-state index contributed by atoms with van der Waals surface area (Å²) in [5, 5.41) is 34.2. The summed E-state index contributed by atoms with van der Waals surface area (Å²) in [6.07, 6.45) is 3.44. The molecule has 0 bridgehead atoms. The second kappa shape index (κ2) is 12.7. The van der Waals surface area contributed by atoms with Crippen LogP contribution >= 0.6 is 0 Å². The minimum Gasteiger partial charge on any atom is -0.465 e. The summed E-state index contributed by atoms with van der Waals surface area (Å²) in [6.45, 7) is 6.03. The van der Waals surface area contributed by atoms with Crippen LogP contribution in [0.4, 0.5) is 10.6 Å². The number of amides is 3. The van der Waals surface area contributed by atoms with Crippen LogP contribution in [0.15, 0.2) is 60.7 Å². The molecule has 44 heavy (non-hydrogen) atoms. The number of carboxylic acid groups (broad SMARTS) is 1. The normalized spacial score (nSPS) is 24.5. The molecular weight excluding hydrogens is 558 g/mol. The first-order valence-corrected chi connectivity index (χ1v) is 15.3. The number of aliphatic hydroxyl groups is 1. The van der Waals surface area contributed by atoms with Crippen molar-refractivity contribution in [3.8, 4) is 22.4 Å². The minimum atomic E-state index is -1.14. The summed E-state index contributed by atoms with van der Waals surface area (Å²) in [7, 11) is 0. The number of benzene rings is 2. The highest BCUT2D eigenvalue weighted by Gasteiger charge is 2.53. The second-order valence-corrected chi connectivity index (χ2v) is 12.5. The molecule has 3 amide bonds. The first-order valence-electron chi connectivity index (χ1n) is 15.3. The number of nitrogens with zero attached hydrogens (tertiary/aromatic N) is 3. The highest BCUT2D eigenvalue weighted by atomic mass is 16.4. The van der Waals surface area contributed by atoms with Gasteiger partial charge < -0.3 is 25.7 Å². The molecule has 0 atom stereocenters. The number of hydrogen-bond donors (Lipinski definition) is 4. The van der Waals surface area contributed by atoms with E-state index in [-0.39, 0.29) is 36.6 Å². The molecule has 5 rings (SSSR count). The standard InChI is InChI=1S/C34H41N5O5/c1-4-39(22(2)40)27-16-10-23(11-17-27)18-30(41)35-29-19-28(24-8-6-5-7-9-24)31(38-37-29)25-12-14-26(15-13-25)34(36-32(42)43)20-33(3,44)21-34/h5-9,12-15,19,23,27,36,44H,4,10-11,16-18,20-21H2,1-3H3,(H,42,43)(H,35,37,41)/t23-,27-,33-,34+. The molecule has 1 heterocycles. The SMILES string of the molecule is CCN(C(C)=O)[C@H]1CC[C@H](CC(=O)Nc2cc(-c3ccccc3)c(-c3ccc([C@]4(NC(=O)O)C[C@@](C)(O)C4)cc3)nn2)CC1. The second-order valence-electron chi connectivity index (χ2n) is 12.5. The third-order valence-corrected chi connectivity index (χ3v) is 9.04. The molecule has 0 unspecified atom stereocenters. The molecule has 2 saturated carbocycles. The molecule has 2 aromatic carbocycles. The molecule has 2 fully saturated rings. The van der Waals surface area contributed by atoms with Crippen LogP contribution in [0.5, 0.6) is 0 Å². The van der Waals surface area contributed by atoms with Gasteiger partial charge in [-0.25, -0.2) is 4.79 Å². The van der Waals surface area contributed by atoms with E-state index < -0.39 is 17.2 Å². The lowest BCUT2D eigenvalue weighted by Gasteiger charge is -2.51. The lowest BCUT2D eigenvalue weighted by Crippen LogP contribution is -2.61. The number of carbonyl (C=O) groups is 3. The van der Waals surface area contributed by atoms with Crippen molar-refractivity contribution in [3.05, 3.63) is 66.2 Å². The zero-order valence-corrected chi connectivity index (χ0v) is 25.5. The Morgan fingerprint density at radius 3 is 2.18 bits per heavy atom. The van der Waals surface area contributed by atoms with Crippen LogP contribution in [0, 0.1) is 5.92 Å². The first kappa shape index (κ1) is 31.1. The molecule has 0 saturated heterocycles. The molecule has 0 spiro atoms. The fraction of sp³-hybridized carbons (Fsp3) is 0.441. The largest absolute Gasteiger partial charge is 0.465 e. The van der Waals surface area contributed by atoms with Crippen LogP contribution < -0.4 is 10.6 Å². The summed E-state index contributed by atoms with van der Waals surface area (Å²) < 4.78 is 0. The first-order chi connectivity index (χ1) is 21.0. The predicted octanol–water partition coefficient (Wildman–Crippen LogP) is 5.57. The van der Waals surface area contributed by atoms with Gasteiger partial charge in [0.1, 0.15) is 5.69 Å². The third kappa shape index (κ3) is 6.91. The number of nitrogens with one attached hydrogen (secondary N) is 2. The monoisotopic (exact) mass is 599 g/mol. The van der Waals surface area contributed by atoms with Crippen molar-refractivity contribution in [1.82, 2.24) is 20.4 Å². The van der Waals surface area contributed by atoms with Gasteiger partial charge in [0.2, 0.25) is 11.8 Å². The van der Waals surface area contributed by atoms with Crippen molar-refractivity contribution in [2.45, 2.75) is 82.9 Å². The highest BCUT2D eigenvalue weighted by Crippen LogP contribution is 2.48. The van der Waals surface area contributed by atoms with E-state index in [0.29, 0.717) is 24.5 Å². The lowest BCUT2D eigenvalue weighted by atomic mass is 9.62. The number of rotatable bonds is 9. The Hall–Kier alpha value is -4.31. The Morgan fingerprint density at radius 1 is 0.955 bits per heavy atom. The van der Waals surface area contributed by atoms with Gasteiger partial charge in [-0.1, -0.05) is 54.6 Å². The van der Waals surface area contributed by atoms with Crippen LogP contribution in [0.25, 0.3) is 22.4 Å². The predicted molar refractivity (Wildman–Crippen MR) is 168 cm³/mol. The van der Waals surface area contributed by atoms with Gasteiger partial charge in [-0.2, -0.15) is 0 Å². The van der Waals surface area contributed by atoms with E-state index in [0.717, 1.165) is 47.9 Å². The quantitative estimate of drug-likeness (QED) is 0.251. The molecule has 232 valence electrons. The van der Waals surface area contributed by atoms with Gasteiger partial charge in [0.05, 0.1) is 11.1 Å². The molecule has 0 radical (unpaired) electrons. The van der Waals surface area contributed by atoms with Crippen LogP contribution in [0.3, 0.4) is 0 Å². The van der Waals surface area contributed by atoms with Crippen molar-refractivity contribution in [2.75, 3.05) is 11.9 Å². The van der Waals surface area contributed by atoms with E-state index >= 15 is 0 Å². The third-order valence-electron chi connectivity index (χ3n) is 9.04. The van der Waals surface area contributed by atoms with Crippen molar-refractivity contribution in [1.29, 1.82) is 0 Å². The zero-order valence-electron chi connectivity index (χ0n) is 25.5. The summed E-state index contributed by atoms with van der Waals surface area (Å²) in [6, 6.07) is 19.3. The summed E-state index contributed by atoms with van der Waals surface area (Å²) >= 11 is 0. The number of anilines is 1. The highest BCUT2D eigenvalue weighted by molar-refractivity contribution is 5.91. The van der Waals surface area contributed by atoms with E-state index in [9.17, 15) is 24.6 Å². The van der Waals surface area contributed by atoms with Crippen LogP contribution in [-0.2, 0) is 15.1 Å². The maximum absolute atomic E-state index is 13.0. The number of hydrogen-bond acceptors (Lipinski definition) is 6. The Bertz CT molecular complexity index is 1490. The van der Waals surface area contributed by atoms with Gasteiger partial charge >= 0.3 is 6.09 Å². The van der Waals surface area contributed by atoms with E-state index in [1.807, 2.05) is 72.5 Å². The fourth-order valence-corrected chi connectivity index (χ4v) is 7.12. The summed E-state index contributed by atoms with van der Waals surface area (Å²) in [4.78, 5) is 38.4. The van der Waals surface area contributed by atoms with Crippen LogP contribution in [0.1, 0.15) is 71.3 Å². The molecule has 2 aliphatic carbocycles. The minimum absolute atomic E-state index is 0.104. The maximum atomic E-state index is 13.0. The zero-order chi connectivity index (χ0) is 31.5. The van der Waals surface area contributed by atoms with Gasteiger partial charge in [-0.3, -0.25) is 9.59 Å². The fourth-order valence-electron chi connectivity index (χ4n) is 7.12. The van der Waals surface area contributed by atoms with Crippen molar-refractivity contribution in [2.24, 2.45) is 5.92 Å². The maximum Gasteiger partial charge on any atom is 0.405 e. The molecule has 0 aliphatic heterocycles. The topological polar surface area (TPSA) is 145 Å². The molecule has 10 nitrogen and oxygen atoms in total. The van der Waals surface area contributed by atoms with Gasteiger partial charge in [0.25, 0.3) is 0 Å². The smallest absolute Gasteiger partial charge is 0.405 e. The van der Waals surface area contributed by atoms with Gasteiger partial charge in [-0.15, -0.1) is 10.2 Å². The van der Waals surface area contributed by atoms with E-state index in [4.69, 9.17) is 0 Å². The van der Waals surface area contributed by atoms with Gasteiger partial charge in [-0.05, 0) is 62.6 Å². The van der Waals surface area contributed by atoms with Crippen LogP contribution in [-0.4, -0.2) is 61.4 Å². The Kier molecular flexibility index (Phi) is 9.01. The van der Waals surface area contributed by atoms with Crippen LogP contribution in [0.2, 0.25) is 0 Å². The van der Waals surface area contributed by atoms with Crippen molar-refractivity contribution >= 4 is 23.7 Å². The molecule has 3 aromatic rings. The average molecular weight is 600 g/mol. The molecule has 1 aromatic heterocycles. The van der Waals surface area contributed by atoms with Crippen molar-refractivity contribution < 1.29 is 24.6 Å². The van der Waals surface area contributed by atoms with Crippen molar-refractivity contribution in [3.63, 3.8) is 0 Å². The Balaban J connectivity index is 1.32. The van der Waals surface area contributed by atoms with E-state index in [1.165, 1.54) is 0 Å². The summed E-state index contributed by atoms with van der Waals surface area (Å²) in [5.74, 6) is 0.630. The summed E-state index contributed by atoms with van der Waals surface area (Å²) in [5.41, 5.74) is 2.13. The molecule has 2 aliphatic rings.